The van der Waals surface area contributed by atoms with E-state index < -0.39 is 0 Å². The molecule has 0 aliphatic carbocycles. The first kappa shape index (κ1) is 18.4. The standard InChI is InChI=1S/C29H24O/c1-3-20-10-5-6-11-24(20)23(4-2)21-16-18-22(19-17-21)25-13-9-14-27-26-12-7-8-15-28(26)30-29(25)27/h4-19H,3H2,1-2H3/b23-4-. The predicted molar refractivity (Wildman–Crippen MR) is 128 cm³/mol. The summed E-state index contributed by atoms with van der Waals surface area (Å²) < 4.78 is 6.23. The topological polar surface area (TPSA) is 13.1 Å². The number of fused-ring (bicyclic) bond motifs is 3. The predicted octanol–water partition coefficient (Wildman–Crippen LogP) is 8.27. The summed E-state index contributed by atoms with van der Waals surface area (Å²) in [4.78, 5) is 0. The number of hydrogen-bond donors (Lipinski definition) is 0. The fourth-order valence-corrected chi connectivity index (χ4v) is 4.37. The van der Waals surface area contributed by atoms with Crippen LogP contribution in [0.5, 0.6) is 0 Å². The zero-order valence-corrected chi connectivity index (χ0v) is 17.4. The van der Waals surface area contributed by atoms with Gasteiger partial charge in [-0.25, -0.2) is 0 Å². The SMILES string of the molecule is C/C=C(/c1ccc(-c2cccc3c2oc2ccccc23)cc1)c1ccccc1CC. The molecule has 5 aromatic rings. The molecule has 0 radical (unpaired) electrons. The van der Waals surface area contributed by atoms with E-state index in [1.807, 2.05) is 12.1 Å². The second kappa shape index (κ2) is 7.68. The van der Waals surface area contributed by atoms with E-state index >= 15 is 0 Å². The van der Waals surface area contributed by atoms with Gasteiger partial charge in [0.25, 0.3) is 0 Å². The second-order valence-corrected chi connectivity index (χ2v) is 7.57. The van der Waals surface area contributed by atoms with Crippen molar-refractivity contribution in [2.75, 3.05) is 0 Å². The van der Waals surface area contributed by atoms with Crippen LogP contribution in [-0.2, 0) is 6.42 Å². The van der Waals surface area contributed by atoms with Gasteiger partial charge in [-0.05, 0) is 47.2 Å². The summed E-state index contributed by atoms with van der Waals surface area (Å²) in [7, 11) is 0. The van der Waals surface area contributed by atoms with Crippen molar-refractivity contribution in [2.45, 2.75) is 20.3 Å². The summed E-state index contributed by atoms with van der Waals surface area (Å²) in [5.74, 6) is 0. The molecule has 0 saturated carbocycles. The lowest BCUT2D eigenvalue weighted by molar-refractivity contribution is 0.670. The number of allylic oxidation sites excluding steroid dienone is 1. The minimum Gasteiger partial charge on any atom is -0.455 e. The van der Waals surface area contributed by atoms with Crippen molar-refractivity contribution in [1.29, 1.82) is 0 Å². The van der Waals surface area contributed by atoms with E-state index in [4.69, 9.17) is 4.42 Å². The largest absolute Gasteiger partial charge is 0.455 e. The minimum absolute atomic E-state index is 0.934. The molecule has 0 unspecified atom stereocenters. The molecule has 0 atom stereocenters. The number of para-hydroxylation sites is 2. The van der Waals surface area contributed by atoms with Crippen LogP contribution in [0.2, 0.25) is 0 Å². The van der Waals surface area contributed by atoms with Gasteiger partial charge in [0.2, 0.25) is 0 Å². The molecule has 4 aromatic carbocycles. The van der Waals surface area contributed by atoms with Gasteiger partial charge in [0.15, 0.2) is 0 Å². The van der Waals surface area contributed by atoms with Crippen molar-refractivity contribution in [3.63, 3.8) is 0 Å². The fourth-order valence-electron chi connectivity index (χ4n) is 4.37. The van der Waals surface area contributed by atoms with Crippen LogP contribution in [0.1, 0.15) is 30.5 Å². The Morgan fingerprint density at radius 3 is 2.30 bits per heavy atom. The zero-order valence-electron chi connectivity index (χ0n) is 17.4. The van der Waals surface area contributed by atoms with Gasteiger partial charge in [-0.1, -0.05) is 97.9 Å². The van der Waals surface area contributed by atoms with Crippen LogP contribution in [0.4, 0.5) is 0 Å². The molecule has 1 heterocycles. The summed E-state index contributed by atoms with van der Waals surface area (Å²) >= 11 is 0. The lowest BCUT2D eigenvalue weighted by Crippen LogP contribution is -1.94. The Kier molecular flexibility index (Phi) is 4.72. The van der Waals surface area contributed by atoms with E-state index in [0.717, 1.165) is 28.5 Å². The van der Waals surface area contributed by atoms with E-state index in [1.165, 1.54) is 33.2 Å². The molecule has 0 amide bonds. The van der Waals surface area contributed by atoms with Crippen LogP contribution < -0.4 is 0 Å². The van der Waals surface area contributed by atoms with Crippen LogP contribution in [-0.4, -0.2) is 0 Å². The molecule has 0 aliphatic rings. The van der Waals surface area contributed by atoms with Crippen LogP contribution in [0, 0.1) is 0 Å². The minimum atomic E-state index is 0.934. The number of rotatable bonds is 4. The van der Waals surface area contributed by atoms with Gasteiger partial charge in [0.05, 0.1) is 0 Å². The van der Waals surface area contributed by atoms with Gasteiger partial charge >= 0.3 is 0 Å². The van der Waals surface area contributed by atoms with Crippen LogP contribution in [0.25, 0.3) is 38.6 Å². The van der Waals surface area contributed by atoms with Gasteiger partial charge in [0.1, 0.15) is 11.2 Å². The Morgan fingerprint density at radius 1 is 0.767 bits per heavy atom. The number of furan rings is 1. The van der Waals surface area contributed by atoms with Crippen molar-refractivity contribution in [2.24, 2.45) is 0 Å². The summed E-state index contributed by atoms with van der Waals surface area (Å²) in [6.07, 6.45) is 3.24. The number of hydrogen-bond acceptors (Lipinski definition) is 1. The second-order valence-electron chi connectivity index (χ2n) is 7.57. The van der Waals surface area contributed by atoms with Crippen LogP contribution in [0.15, 0.2) is 101 Å². The van der Waals surface area contributed by atoms with Crippen molar-refractivity contribution >= 4 is 27.5 Å². The zero-order chi connectivity index (χ0) is 20.5. The monoisotopic (exact) mass is 388 g/mol. The Hall–Kier alpha value is -3.58. The Morgan fingerprint density at radius 2 is 1.50 bits per heavy atom. The third-order valence-corrected chi connectivity index (χ3v) is 5.89. The van der Waals surface area contributed by atoms with Crippen molar-refractivity contribution in [3.05, 3.63) is 114 Å². The Bertz CT molecular complexity index is 1370. The average Bonchev–Trinajstić information content (AvgIpc) is 3.19. The van der Waals surface area contributed by atoms with E-state index in [2.05, 4.69) is 98.8 Å². The molecule has 1 heteroatoms. The molecule has 146 valence electrons. The summed E-state index contributed by atoms with van der Waals surface area (Å²) in [6, 6.07) is 32.2. The maximum Gasteiger partial charge on any atom is 0.143 e. The fraction of sp³-hybridized carbons (Fsp3) is 0.103. The van der Waals surface area contributed by atoms with Crippen molar-refractivity contribution in [1.82, 2.24) is 0 Å². The first-order valence-corrected chi connectivity index (χ1v) is 10.6. The Balaban J connectivity index is 1.59. The summed E-state index contributed by atoms with van der Waals surface area (Å²) in [5, 5.41) is 2.33. The van der Waals surface area contributed by atoms with Crippen molar-refractivity contribution in [3.8, 4) is 11.1 Å². The first-order chi connectivity index (χ1) is 14.8. The highest BCUT2D eigenvalue weighted by Crippen LogP contribution is 2.36. The normalized spacial score (nSPS) is 12.0. The summed E-state index contributed by atoms with van der Waals surface area (Å²) in [5.41, 5.74) is 9.39. The maximum absolute atomic E-state index is 6.23. The Labute approximate surface area is 177 Å². The highest BCUT2D eigenvalue weighted by atomic mass is 16.3. The number of benzene rings is 4. The van der Waals surface area contributed by atoms with Crippen LogP contribution in [0.3, 0.4) is 0 Å². The van der Waals surface area contributed by atoms with Gasteiger partial charge in [-0.15, -0.1) is 0 Å². The third kappa shape index (κ3) is 3.04. The molecular weight excluding hydrogens is 364 g/mol. The molecule has 5 rings (SSSR count). The van der Waals surface area contributed by atoms with E-state index in [1.54, 1.807) is 0 Å². The van der Waals surface area contributed by atoms with Gasteiger partial charge in [0, 0.05) is 16.3 Å². The van der Waals surface area contributed by atoms with Crippen molar-refractivity contribution < 1.29 is 4.42 Å². The quantitative estimate of drug-likeness (QED) is 0.302. The molecule has 0 fully saturated rings. The molecule has 0 N–H and O–H groups in total. The molecule has 1 aromatic heterocycles. The van der Waals surface area contributed by atoms with Gasteiger partial charge in [-0.2, -0.15) is 0 Å². The molecule has 0 aliphatic heterocycles. The smallest absolute Gasteiger partial charge is 0.143 e. The number of aryl methyl sites for hydroxylation is 1. The molecule has 0 saturated heterocycles. The van der Waals surface area contributed by atoms with Crippen LogP contribution >= 0.6 is 0 Å². The molecule has 30 heavy (non-hydrogen) atoms. The average molecular weight is 389 g/mol. The molecule has 0 bridgehead atoms. The maximum atomic E-state index is 6.23. The van der Waals surface area contributed by atoms with E-state index in [9.17, 15) is 0 Å². The van der Waals surface area contributed by atoms with E-state index in [-0.39, 0.29) is 0 Å². The molecular formula is C29H24O. The third-order valence-electron chi connectivity index (χ3n) is 5.89. The summed E-state index contributed by atoms with van der Waals surface area (Å²) in [6.45, 7) is 4.33. The molecule has 1 nitrogen and oxygen atoms in total. The highest BCUT2D eigenvalue weighted by molar-refractivity contribution is 6.09. The molecule has 0 spiro atoms. The van der Waals surface area contributed by atoms with E-state index in [0.29, 0.717) is 0 Å². The van der Waals surface area contributed by atoms with Gasteiger partial charge < -0.3 is 4.42 Å². The first-order valence-electron chi connectivity index (χ1n) is 10.6. The van der Waals surface area contributed by atoms with Gasteiger partial charge in [-0.3, -0.25) is 0 Å². The highest BCUT2D eigenvalue weighted by Gasteiger charge is 2.13. The lowest BCUT2D eigenvalue weighted by Gasteiger charge is -2.13. The lowest BCUT2D eigenvalue weighted by atomic mass is 9.91.